The van der Waals surface area contributed by atoms with Crippen LogP contribution in [-0.4, -0.2) is 51.7 Å². The van der Waals surface area contributed by atoms with Crippen LogP contribution in [-0.2, 0) is 23.9 Å². The largest absolute Gasteiger partial charge is 0.506 e. The predicted octanol–water partition coefficient (Wildman–Crippen LogP) is -0.269. The molecular formula is C18H19N3O8. The minimum absolute atomic E-state index is 0.0389. The summed E-state index contributed by atoms with van der Waals surface area (Å²) in [5.74, 6) is -4.84. The molecule has 1 aliphatic rings. The van der Waals surface area contributed by atoms with E-state index in [1.54, 1.807) is 0 Å². The molecule has 0 saturated heterocycles. The Balaban J connectivity index is 2.40. The molecule has 0 saturated carbocycles. The number of nitrogen functional groups attached to an aromatic ring is 1. The molecule has 2 rings (SSSR count). The minimum atomic E-state index is -1.63. The molecule has 1 aliphatic heterocycles. The molecule has 1 amide bonds. The average molecular weight is 405 g/mol. The van der Waals surface area contributed by atoms with Crippen LogP contribution in [0.1, 0.15) is 13.8 Å². The predicted molar refractivity (Wildman–Crippen MR) is 100 cm³/mol. The zero-order chi connectivity index (χ0) is 21.9. The highest BCUT2D eigenvalue weighted by Crippen LogP contribution is 2.27. The Kier molecular flexibility index (Phi) is 6.36. The smallest absolute Gasteiger partial charge is 0.353 e. The van der Waals surface area contributed by atoms with Gasteiger partial charge in [0.25, 0.3) is 5.91 Å². The summed E-state index contributed by atoms with van der Waals surface area (Å²) < 4.78 is 4.49. The molecule has 11 nitrogen and oxygen atoms in total. The monoisotopic (exact) mass is 405 g/mol. The van der Waals surface area contributed by atoms with E-state index in [9.17, 15) is 29.4 Å². The van der Waals surface area contributed by atoms with Crippen LogP contribution in [0, 0.1) is 0 Å². The third kappa shape index (κ3) is 4.78. The molecular weight excluding hydrogens is 386 g/mol. The molecule has 1 aromatic rings. The van der Waals surface area contributed by atoms with Crippen molar-refractivity contribution in [2.75, 3.05) is 23.0 Å². The fourth-order valence-electron chi connectivity index (χ4n) is 2.53. The lowest BCUT2D eigenvalue weighted by molar-refractivity contribution is -0.155. The number of hydrogen-bond acceptors (Lipinski definition) is 10. The van der Waals surface area contributed by atoms with Crippen LogP contribution in [0.2, 0.25) is 0 Å². The number of cyclic esters (lactones) is 2. The first kappa shape index (κ1) is 21.6. The average Bonchev–Trinajstić information content (AvgIpc) is 2.59. The first-order valence-corrected chi connectivity index (χ1v) is 8.24. The number of aliphatic hydroxyl groups is 3. The van der Waals surface area contributed by atoms with Crippen LogP contribution in [0.5, 0.6) is 0 Å². The summed E-state index contributed by atoms with van der Waals surface area (Å²) in [7, 11) is 0. The maximum atomic E-state index is 12.0. The maximum Gasteiger partial charge on any atom is 0.353 e. The van der Waals surface area contributed by atoms with Gasteiger partial charge in [-0.25, -0.2) is 9.59 Å². The summed E-state index contributed by atoms with van der Waals surface area (Å²) in [5.41, 5.74) is 5.39. The van der Waals surface area contributed by atoms with E-state index < -0.39 is 53.2 Å². The van der Waals surface area contributed by atoms with Gasteiger partial charge in [0.05, 0.1) is 6.61 Å². The first-order valence-electron chi connectivity index (χ1n) is 8.24. The van der Waals surface area contributed by atoms with Crippen molar-refractivity contribution in [3.63, 3.8) is 0 Å². The second kappa shape index (κ2) is 8.54. The molecule has 1 unspecified atom stereocenters. The zero-order valence-corrected chi connectivity index (χ0v) is 15.5. The van der Waals surface area contributed by atoms with Crippen LogP contribution in [0.25, 0.3) is 0 Å². The van der Waals surface area contributed by atoms with Gasteiger partial charge in [-0.15, -0.1) is 0 Å². The lowest BCUT2D eigenvalue weighted by Crippen LogP contribution is -2.30. The number of esters is 2. The Labute approximate surface area is 164 Å². The van der Waals surface area contributed by atoms with E-state index in [1.807, 2.05) is 0 Å². The van der Waals surface area contributed by atoms with E-state index >= 15 is 0 Å². The number of ketones is 1. The van der Waals surface area contributed by atoms with Crippen molar-refractivity contribution in [2.45, 2.75) is 20.0 Å². The maximum absolute atomic E-state index is 12.0. The fourth-order valence-corrected chi connectivity index (χ4v) is 2.53. The van der Waals surface area contributed by atoms with Gasteiger partial charge in [0.2, 0.25) is 0 Å². The Morgan fingerprint density at radius 2 is 1.69 bits per heavy atom. The molecule has 0 radical (unpaired) electrons. The molecule has 1 aromatic carbocycles. The molecule has 0 aliphatic carbocycles. The van der Waals surface area contributed by atoms with E-state index in [0.717, 1.165) is 6.92 Å². The molecule has 1 heterocycles. The Hall–Kier alpha value is -3.70. The number of hydrogen-bond donors (Lipinski definition) is 6. The van der Waals surface area contributed by atoms with Crippen LogP contribution < -0.4 is 16.4 Å². The number of benzene rings is 1. The van der Waals surface area contributed by atoms with E-state index in [0.29, 0.717) is 0 Å². The van der Waals surface area contributed by atoms with Crippen molar-refractivity contribution in [1.29, 1.82) is 0 Å². The van der Waals surface area contributed by atoms with Crippen LogP contribution in [0.4, 0.5) is 17.1 Å². The highest BCUT2D eigenvalue weighted by atomic mass is 16.6. The standard InChI is InChI=1S/C18H19N3O8/c1-7(13-15(25)14(8(2)23)18(28)29-17(13)27)20-10-3-9(19)4-11(5-10)21-16(26)12(24)6-22/h3-5,12,20,22,24-25H,6,19H2,1-2H3,(H,21,26). The minimum Gasteiger partial charge on any atom is -0.506 e. The molecule has 11 heteroatoms. The number of rotatable bonds is 6. The lowest BCUT2D eigenvalue weighted by atomic mass is 10.0. The van der Waals surface area contributed by atoms with Gasteiger partial charge in [-0.1, -0.05) is 0 Å². The summed E-state index contributed by atoms with van der Waals surface area (Å²) in [6.45, 7) is 1.66. The van der Waals surface area contributed by atoms with Gasteiger partial charge in [-0.2, -0.15) is 0 Å². The van der Waals surface area contributed by atoms with Gasteiger partial charge in [0, 0.05) is 22.8 Å². The normalized spacial score (nSPS) is 16.8. The van der Waals surface area contributed by atoms with Gasteiger partial charge in [-0.05, 0) is 32.0 Å². The van der Waals surface area contributed by atoms with Crippen molar-refractivity contribution in [3.8, 4) is 0 Å². The Morgan fingerprint density at radius 1 is 1.10 bits per heavy atom. The SMILES string of the molecule is CC(=O)C1=C(O)C(=C(C)Nc2cc(N)cc(NC(=O)C(O)CO)c2)C(=O)OC1=O. The van der Waals surface area contributed by atoms with E-state index in [2.05, 4.69) is 15.4 Å². The van der Waals surface area contributed by atoms with Crippen molar-refractivity contribution in [3.05, 3.63) is 40.8 Å². The van der Waals surface area contributed by atoms with Crippen LogP contribution in [0.15, 0.2) is 40.8 Å². The van der Waals surface area contributed by atoms with Crippen molar-refractivity contribution >= 4 is 40.7 Å². The summed E-state index contributed by atoms with van der Waals surface area (Å²) >= 11 is 0. The number of nitrogens with one attached hydrogen (secondary N) is 2. The highest BCUT2D eigenvalue weighted by Gasteiger charge is 2.36. The van der Waals surface area contributed by atoms with Gasteiger partial charge in [0.1, 0.15) is 16.9 Å². The van der Waals surface area contributed by atoms with Crippen LogP contribution >= 0.6 is 0 Å². The number of Topliss-reactive ketones (excluding diaryl/α,β-unsaturated/α-hetero) is 1. The molecule has 0 aromatic heterocycles. The Bertz CT molecular complexity index is 964. The number of aliphatic hydroxyl groups excluding tert-OH is 3. The number of allylic oxidation sites excluding steroid dienone is 1. The van der Waals surface area contributed by atoms with Gasteiger partial charge in [0.15, 0.2) is 11.9 Å². The summed E-state index contributed by atoms with van der Waals surface area (Å²) in [6.07, 6.45) is -1.63. The quantitative estimate of drug-likeness (QED) is 0.121. The molecule has 0 fully saturated rings. The highest BCUT2D eigenvalue weighted by molar-refractivity contribution is 6.23. The third-order valence-corrected chi connectivity index (χ3v) is 3.82. The van der Waals surface area contributed by atoms with Crippen LogP contribution in [0.3, 0.4) is 0 Å². The second-order valence-corrected chi connectivity index (χ2v) is 6.11. The molecule has 7 N–H and O–H groups in total. The van der Waals surface area contributed by atoms with Crippen molar-refractivity contribution in [1.82, 2.24) is 0 Å². The number of anilines is 3. The lowest BCUT2D eigenvalue weighted by Gasteiger charge is -2.19. The number of amides is 1. The third-order valence-electron chi connectivity index (χ3n) is 3.82. The molecule has 1 atom stereocenters. The van der Waals surface area contributed by atoms with Gasteiger partial charge >= 0.3 is 11.9 Å². The van der Waals surface area contributed by atoms with E-state index in [-0.39, 0.29) is 22.8 Å². The zero-order valence-electron chi connectivity index (χ0n) is 15.5. The fraction of sp³-hybridized carbons (Fsp3) is 0.222. The first-order chi connectivity index (χ1) is 13.5. The summed E-state index contributed by atoms with van der Waals surface area (Å²) in [4.78, 5) is 46.9. The summed E-state index contributed by atoms with van der Waals surface area (Å²) in [6, 6.07) is 4.22. The van der Waals surface area contributed by atoms with Crippen molar-refractivity contribution < 1.29 is 39.2 Å². The van der Waals surface area contributed by atoms with Gasteiger partial charge < -0.3 is 36.4 Å². The van der Waals surface area contributed by atoms with Crippen molar-refractivity contribution in [2.24, 2.45) is 0 Å². The number of ether oxygens (including phenoxy) is 1. The number of carbonyl (C=O) groups is 4. The van der Waals surface area contributed by atoms with E-state index in [4.69, 9.17) is 10.8 Å². The number of carbonyl (C=O) groups excluding carboxylic acids is 4. The second-order valence-electron chi connectivity index (χ2n) is 6.11. The summed E-state index contributed by atoms with van der Waals surface area (Å²) in [5, 5.41) is 33.5. The molecule has 154 valence electrons. The van der Waals surface area contributed by atoms with E-state index in [1.165, 1.54) is 25.1 Å². The topological polar surface area (TPSA) is 188 Å². The molecule has 0 bridgehead atoms. The molecule has 0 spiro atoms. The molecule has 29 heavy (non-hydrogen) atoms. The van der Waals surface area contributed by atoms with Gasteiger partial charge in [-0.3, -0.25) is 9.59 Å². The number of nitrogens with two attached hydrogens (primary N) is 1. The Morgan fingerprint density at radius 3 is 2.24 bits per heavy atom.